The number of rotatable bonds is 7. The largest absolute Gasteiger partial charge is 0.497 e. The predicted molar refractivity (Wildman–Crippen MR) is 90.0 cm³/mol. The number of hydrogen-bond donors (Lipinski definition) is 0. The third-order valence-corrected chi connectivity index (χ3v) is 3.78. The van der Waals surface area contributed by atoms with Crippen LogP contribution in [0.1, 0.15) is 18.1 Å². The first kappa shape index (κ1) is 16.1. The monoisotopic (exact) mass is 348 g/mol. The Kier molecular flexibility index (Phi) is 6.27. The van der Waals surface area contributed by atoms with Gasteiger partial charge in [-0.05, 0) is 49.1 Å². The van der Waals surface area contributed by atoms with Gasteiger partial charge in [0.2, 0.25) is 0 Å². The van der Waals surface area contributed by atoms with Crippen molar-refractivity contribution in [3.8, 4) is 5.75 Å². The van der Waals surface area contributed by atoms with Crippen LogP contribution in [0.2, 0.25) is 0 Å². The molecule has 0 saturated carbocycles. The molecule has 2 rings (SSSR count). The molecule has 0 aliphatic heterocycles. The van der Waals surface area contributed by atoms with Crippen molar-refractivity contribution in [3.05, 3.63) is 64.1 Å². The molecular formula is C18H21BrO2. The Hall–Kier alpha value is -1.32. The summed E-state index contributed by atoms with van der Waals surface area (Å²) in [5.74, 6) is 0.871. The van der Waals surface area contributed by atoms with E-state index in [0.29, 0.717) is 0 Å². The fourth-order valence-corrected chi connectivity index (χ4v) is 2.79. The predicted octanol–water partition coefficient (Wildman–Crippen LogP) is 4.65. The fraction of sp³-hybridized carbons (Fsp3) is 0.333. The van der Waals surface area contributed by atoms with Crippen molar-refractivity contribution in [2.45, 2.75) is 25.9 Å². The van der Waals surface area contributed by atoms with E-state index in [4.69, 9.17) is 9.47 Å². The molecule has 0 spiro atoms. The van der Waals surface area contributed by atoms with Gasteiger partial charge in [0, 0.05) is 4.47 Å². The number of benzene rings is 2. The second-order valence-corrected chi connectivity index (χ2v) is 6.04. The lowest BCUT2D eigenvalue weighted by molar-refractivity contribution is 0.0687. The van der Waals surface area contributed by atoms with Gasteiger partial charge in [-0.1, -0.05) is 46.3 Å². The van der Waals surface area contributed by atoms with Gasteiger partial charge in [-0.15, -0.1) is 0 Å². The zero-order valence-corrected chi connectivity index (χ0v) is 14.1. The number of methoxy groups -OCH3 is 1. The molecule has 0 aliphatic carbocycles. The highest BCUT2D eigenvalue weighted by molar-refractivity contribution is 9.10. The Bertz CT molecular complexity index is 554. The van der Waals surface area contributed by atoms with Gasteiger partial charge in [-0.25, -0.2) is 0 Å². The lowest BCUT2D eigenvalue weighted by Crippen LogP contribution is -2.13. The molecular weight excluding hydrogens is 328 g/mol. The van der Waals surface area contributed by atoms with E-state index < -0.39 is 0 Å². The Morgan fingerprint density at radius 3 is 2.52 bits per heavy atom. The van der Waals surface area contributed by atoms with Crippen molar-refractivity contribution in [3.63, 3.8) is 0 Å². The zero-order chi connectivity index (χ0) is 15.1. The summed E-state index contributed by atoms with van der Waals surface area (Å²) < 4.78 is 12.2. The van der Waals surface area contributed by atoms with E-state index in [1.54, 1.807) is 7.11 Å². The van der Waals surface area contributed by atoms with Crippen LogP contribution in [0.15, 0.2) is 53.0 Å². The molecule has 2 nitrogen and oxygen atoms in total. The first-order valence-corrected chi connectivity index (χ1v) is 7.95. The zero-order valence-electron chi connectivity index (χ0n) is 12.5. The normalized spacial score (nSPS) is 12.1. The summed E-state index contributed by atoms with van der Waals surface area (Å²) in [6, 6.07) is 16.6. The summed E-state index contributed by atoms with van der Waals surface area (Å²) in [6.07, 6.45) is 2.02. The molecule has 2 aromatic rings. The molecule has 0 aromatic heterocycles. The van der Waals surface area contributed by atoms with Gasteiger partial charge >= 0.3 is 0 Å². The topological polar surface area (TPSA) is 18.5 Å². The molecule has 1 atom stereocenters. The number of ether oxygens (including phenoxy) is 2. The molecule has 0 amide bonds. The highest BCUT2D eigenvalue weighted by Crippen LogP contribution is 2.22. The Morgan fingerprint density at radius 1 is 1.05 bits per heavy atom. The van der Waals surface area contributed by atoms with Crippen LogP contribution in [0.25, 0.3) is 0 Å². The van der Waals surface area contributed by atoms with Gasteiger partial charge in [-0.2, -0.15) is 0 Å². The molecule has 0 bridgehead atoms. The SMILES string of the molecule is COc1cc(Br)cc(CC(C)OCCc2ccccc2)c1. The first-order valence-electron chi connectivity index (χ1n) is 7.16. The highest BCUT2D eigenvalue weighted by Gasteiger charge is 2.06. The van der Waals surface area contributed by atoms with Crippen molar-refractivity contribution in [2.75, 3.05) is 13.7 Å². The highest BCUT2D eigenvalue weighted by atomic mass is 79.9. The lowest BCUT2D eigenvalue weighted by Gasteiger charge is -2.14. The average Bonchev–Trinajstić information content (AvgIpc) is 2.47. The summed E-state index contributed by atoms with van der Waals surface area (Å²) >= 11 is 3.51. The molecule has 0 aliphatic rings. The van der Waals surface area contributed by atoms with Crippen LogP contribution in [0.3, 0.4) is 0 Å². The molecule has 2 aromatic carbocycles. The minimum Gasteiger partial charge on any atom is -0.497 e. The van der Waals surface area contributed by atoms with Crippen LogP contribution in [0.4, 0.5) is 0 Å². The van der Waals surface area contributed by atoms with E-state index in [0.717, 1.165) is 29.7 Å². The van der Waals surface area contributed by atoms with E-state index in [2.05, 4.69) is 59.3 Å². The maximum absolute atomic E-state index is 5.91. The van der Waals surface area contributed by atoms with Crippen molar-refractivity contribution < 1.29 is 9.47 Å². The molecule has 112 valence electrons. The van der Waals surface area contributed by atoms with E-state index in [-0.39, 0.29) is 6.10 Å². The molecule has 21 heavy (non-hydrogen) atoms. The Labute approximate surface area is 135 Å². The van der Waals surface area contributed by atoms with Crippen LogP contribution < -0.4 is 4.74 Å². The van der Waals surface area contributed by atoms with Crippen LogP contribution in [0, 0.1) is 0 Å². The lowest BCUT2D eigenvalue weighted by atomic mass is 10.1. The molecule has 0 saturated heterocycles. The van der Waals surface area contributed by atoms with E-state index in [9.17, 15) is 0 Å². The summed E-state index contributed by atoms with van der Waals surface area (Å²) in [5, 5.41) is 0. The van der Waals surface area contributed by atoms with Gasteiger partial charge in [0.15, 0.2) is 0 Å². The van der Waals surface area contributed by atoms with Gasteiger partial charge in [0.25, 0.3) is 0 Å². The standard InChI is InChI=1S/C18H21BrO2/c1-14(21-9-8-15-6-4-3-5-7-15)10-16-11-17(19)13-18(12-16)20-2/h3-7,11-14H,8-10H2,1-2H3. The van der Waals surface area contributed by atoms with Crippen molar-refractivity contribution in [1.82, 2.24) is 0 Å². The first-order chi connectivity index (χ1) is 10.2. The maximum atomic E-state index is 5.91. The fourth-order valence-electron chi connectivity index (χ4n) is 2.27. The van der Waals surface area contributed by atoms with Crippen molar-refractivity contribution >= 4 is 15.9 Å². The molecule has 1 unspecified atom stereocenters. The van der Waals surface area contributed by atoms with Gasteiger partial charge < -0.3 is 9.47 Å². The van der Waals surface area contributed by atoms with Crippen molar-refractivity contribution in [2.24, 2.45) is 0 Å². The quantitative estimate of drug-likeness (QED) is 0.725. The minimum atomic E-state index is 0.188. The molecule has 0 N–H and O–H groups in total. The minimum absolute atomic E-state index is 0.188. The molecule has 0 radical (unpaired) electrons. The van der Waals surface area contributed by atoms with Crippen LogP contribution in [-0.2, 0) is 17.6 Å². The van der Waals surface area contributed by atoms with Gasteiger partial charge in [0.05, 0.1) is 19.8 Å². The van der Waals surface area contributed by atoms with E-state index in [1.165, 1.54) is 11.1 Å². The third-order valence-electron chi connectivity index (χ3n) is 3.33. The Morgan fingerprint density at radius 2 is 1.81 bits per heavy atom. The van der Waals surface area contributed by atoms with Crippen LogP contribution in [-0.4, -0.2) is 19.8 Å². The van der Waals surface area contributed by atoms with E-state index in [1.807, 2.05) is 12.1 Å². The van der Waals surface area contributed by atoms with Crippen LogP contribution >= 0.6 is 15.9 Å². The van der Waals surface area contributed by atoms with E-state index >= 15 is 0 Å². The van der Waals surface area contributed by atoms with Crippen molar-refractivity contribution in [1.29, 1.82) is 0 Å². The molecule has 3 heteroatoms. The second kappa shape index (κ2) is 8.20. The van der Waals surface area contributed by atoms with Gasteiger partial charge in [0.1, 0.15) is 5.75 Å². The summed E-state index contributed by atoms with van der Waals surface area (Å²) in [4.78, 5) is 0. The summed E-state index contributed by atoms with van der Waals surface area (Å²) in [5.41, 5.74) is 2.53. The van der Waals surface area contributed by atoms with Crippen LogP contribution in [0.5, 0.6) is 5.75 Å². The smallest absolute Gasteiger partial charge is 0.120 e. The summed E-state index contributed by atoms with van der Waals surface area (Å²) in [6.45, 7) is 2.86. The molecule has 0 fully saturated rings. The number of hydrogen-bond acceptors (Lipinski definition) is 2. The maximum Gasteiger partial charge on any atom is 0.120 e. The third kappa shape index (κ3) is 5.52. The summed E-state index contributed by atoms with van der Waals surface area (Å²) in [7, 11) is 1.69. The Balaban J connectivity index is 1.81. The number of halogens is 1. The average molecular weight is 349 g/mol. The van der Waals surface area contributed by atoms with Gasteiger partial charge in [-0.3, -0.25) is 0 Å². The second-order valence-electron chi connectivity index (χ2n) is 5.12. The molecule has 0 heterocycles.